The summed E-state index contributed by atoms with van der Waals surface area (Å²) < 4.78 is 52.2. The van der Waals surface area contributed by atoms with Crippen molar-refractivity contribution in [3.8, 4) is 0 Å². The minimum Gasteiger partial charge on any atom is -0.370 e. The van der Waals surface area contributed by atoms with E-state index in [1.54, 1.807) is 0 Å². The van der Waals surface area contributed by atoms with Crippen LogP contribution in [0.1, 0.15) is 25.7 Å². The molecule has 4 N–H and O–H groups in total. The number of anilines is 1. The molecule has 0 amide bonds. The third kappa shape index (κ3) is 7.40. The summed E-state index contributed by atoms with van der Waals surface area (Å²) in [4.78, 5) is 4.15. The maximum atomic E-state index is 13.6. The second kappa shape index (κ2) is 9.62. The second-order valence-corrected chi connectivity index (χ2v) is 7.80. The number of sulfonamides is 1. The number of nitrogens with zero attached hydrogens (tertiary/aromatic N) is 1. The van der Waals surface area contributed by atoms with Crippen LogP contribution < -0.4 is 15.8 Å². The van der Waals surface area contributed by atoms with E-state index >= 15 is 0 Å². The molecule has 25 heavy (non-hydrogen) atoms. The molecule has 0 aliphatic heterocycles. The topological polar surface area (TPSA) is 96.6 Å². The maximum Gasteiger partial charge on any atom is 0.208 e. The van der Waals surface area contributed by atoms with E-state index in [4.69, 9.17) is 5.73 Å². The van der Waals surface area contributed by atoms with E-state index in [2.05, 4.69) is 15.0 Å². The van der Waals surface area contributed by atoms with Crippen molar-refractivity contribution in [1.82, 2.24) is 4.72 Å². The minimum atomic E-state index is -3.29. The molecule has 0 bridgehead atoms. The van der Waals surface area contributed by atoms with E-state index in [0.29, 0.717) is 6.54 Å². The molecule has 142 valence electrons. The van der Waals surface area contributed by atoms with E-state index in [1.807, 2.05) is 0 Å². The first kappa shape index (κ1) is 22.0. The fourth-order valence-corrected chi connectivity index (χ4v) is 3.70. The standard InChI is InChI=1S/C15H22F2N4O2S.HI/c1-24(22,23)21-13-5-3-2-4-10(13)9-19-15(18)20-14-8-11(16)6-7-12(14)17;/h6-8,10,13,21H,2-5,9H2,1H3,(H3,18,19,20);1H. The van der Waals surface area contributed by atoms with Crippen LogP contribution in [0.4, 0.5) is 14.5 Å². The summed E-state index contributed by atoms with van der Waals surface area (Å²) in [7, 11) is -3.29. The van der Waals surface area contributed by atoms with Crippen molar-refractivity contribution in [3.05, 3.63) is 29.8 Å². The molecule has 1 saturated carbocycles. The number of aliphatic imine (C=N–C) groups is 1. The van der Waals surface area contributed by atoms with Crippen molar-refractivity contribution in [2.75, 3.05) is 18.1 Å². The summed E-state index contributed by atoms with van der Waals surface area (Å²) in [5, 5.41) is 2.53. The van der Waals surface area contributed by atoms with Gasteiger partial charge in [0.2, 0.25) is 10.0 Å². The zero-order valence-corrected chi connectivity index (χ0v) is 17.0. The molecule has 1 aromatic carbocycles. The molecule has 10 heteroatoms. The number of benzene rings is 1. The Morgan fingerprint density at radius 1 is 1.32 bits per heavy atom. The van der Waals surface area contributed by atoms with Crippen LogP contribution in [0.5, 0.6) is 0 Å². The van der Waals surface area contributed by atoms with Crippen LogP contribution in [0.15, 0.2) is 23.2 Å². The van der Waals surface area contributed by atoms with Crippen molar-refractivity contribution in [2.24, 2.45) is 16.6 Å². The zero-order chi connectivity index (χ0) is 17.7. The molecule has 1 aliphatic carbocycles. The Morgan fingerprint density at radius 3 is 2.68 bits per heavy atom. The zero-order valence-electron chi connectivity index (χ0n) is 13.8. The number of hydrogen-bond acceptors (Lipinski definition) is 3. The first-order chi connectivity index (χ1) is 11.2. The molecule has 1 aromatic rings. The fraction of sp³-hybridized carbons (Fsp3) is 0.533. The van der Waals surface area contributed by atoms with Gasteiger partial charge >= 0.3 is 0 Å². The molecule has 0 spiro atoms. The average Bonchev–Trinajstić information content (AvgIpc) is 2.48. The number of nitrogens with two attached hydrogens (primary N) is 1. The van der Waals surface area contributed by atoms with Crippen LogP contribution in [0.25, 0.3) is 0 Å². The van der Waals surface area contributed by atoms with E-state index in [0.717, 1.165) is 50.1 Å². The van der Waals surface area contributed by atoms with Crippen LogP contribution in [-0.4, -0.2) is 33.2 Å². The van der Waals surface area contributed by atoms with Gasteiger partial charge in [-0.25, -0.2) is 21.9 Å². The highest BCUT2D eigenvalue weighted by Crippen LogP contribution is 2.25. The Balaban J connectivity index is 0.00000312. The van der Waals surface area contributed by atoms with E-state index in [1.165, 1.54) is 0 Å². The van der Waals surface area contributed by atoms with Crippen LogP contribution in [0, 0.1) is 17.6 Å². The van der Waals surface area contributed by atoms with Gasteiger partial charge in [-0.3, -0.25) is 4.99 Å². The first-order valence-corrected chi connectivity index (χ1v) is 9.63. The Bertz CT molecular complexity index is 715. The molecule has 0 aromatic heterocycles. The van der Waals surface area contributed by atoms with Gasteiger partial charge in [-0.15, -0.1) is 24.0 Å². The van der Waals surface area contributed by atoms with Gasteiger partial charge < -0.3 is 11.1 Å². The fourth-order valence-electron chi connectivity index (χ4n) is 2.84. The number of rotatable bonds is 5. The van der Waals surface area contributed by atoms with Gasteiger partial charge in [0, 0.05) is 18.7 Å². The molecule has 2 unspecified atom stereocenters. The Kier molecular flexibility index (Phi) is 8.48. The van der Waals surface area contributed by atoms with Gasteiger partial charge in [-0.05, 0) is 30.9 Å². The van der Waals surface area contributed by atoms with Gasteiger partial charge in [0.25, 0.3) is 0 Å². The van der Waals surface area contributed by atoms with Crippen molar-refractivity contribution in [3.63, 3.8) is 0 Å². The molecule has 6 nitrogen and oxygen atoms in total. The monoisotopic (exact) mass is 488 g/mol. The average molecular weight is 488 g/mol. The molecule has 0 saturated heterocycles. The van der Waals surface area contributed by atoms with Gasteiger partial charge in [0.05, 0.1) is 11.9 Å². The summed E-state index contributed by atoms with van der Waals surface area (Å²) in [6, 6.07) is 2.82. The highest BCUT2D eigenvalue weighted by molar-refractivity contribution is 14.0. The lowest BCUT2D eigenvalue weighted by molar-refractivity contribution is 0.297. The van der Waals surface area contributed by atoms with Crippen LogP contribution in [-0.2, 0) is 10.0 Å². The lowest BCUT2D eigenvalue weighted by Gasteiger charge is -2.30. The van der Waals surface area contributed by atoms with Crippen molar-refractivity contribution in [1.29, 1.82) is 0 Å². The maximum absolute atomic E-state index is 13.6. The largest absolute Gasteiger partial charge is 0.370 e. The first-order valence-electron chi connectivity index (χ1n) is 7.74. The normalized spacial score (nSPS) is 21.5. The highest BCUT2D eigenvalue weighted by atomic mass is 127. The summed E-state index contributed by atoms with van der Waals surface area (Å²) in [6.07, 6.45) is 4.66. The van der Waals surface area contributed by atoms with Crippen LogP contribution >= 0.6 is 24.0 Å². The number of guanidine groups is 1. The number of hydrogen-bond donors (Lipinski definition) is 3. The van der Waals surface area contributed by atoms with Crippen LogP contribution in [0.3, 0.4) is 0 Å². The second-order valence-electron chi connectivity index (χ2n) is 6.02. The quantitative estimate of drug-likeness (QED) is 0.337. The Labute approximate surface area is 163 Å². The van der Waals surface area contributed by atoms with E-state index in [-0.39, 0.29) is 47.6 Å². The third-order valence-corrected chi connectivity index (χ3v) is 4.69. The molecular weight excluding hydrogens is 465 g/mol. The smallest absolute Gasteiger partial charge is 0.208 e. The molecule has 2 rings (SSSR count). The SMILES string of the molecule is CS(=O)(=O)NC1CCCCC1CN=C(N)Nc1cc(F)ccc1F.I. The van der Waals surface area contributed by atoms with Gasteiger partial charge in [0.1, 0.15) is 11.6 Å². The van der Waals surface area contributed by atoms with Crippen molar-refractivity contribution < 1.29 is 17.2 Å². The molecule has 0 heterocycles. The van der Waals surface area contributed by atoms with Crippen LogP contribution in [0.2, 0.25) is 0 Å². The van der Waals surface area contributed by atoms with Crippen molar-refractivity contribution in [2.45, 2.75) is 31.7 Å². The van der Waals surface area contributed by atoms with Gasteiger partial charge in [-0.2, -0.15) is 0 Å². The van der Waals surface area contributed by atoms with E-state index in [9.17, 15) is 17.2 Å². The summed E-state index contributed by atoms with van der Waals surface area (Å²) >= 11 is 0. The van der Waals surface area contributed by atoms with E-state index < -0.39 is 21.7 Å². The van der Waals surface area contributed by atoms with Gasteiger partial charge in [-0.1, -0.05) is 12.8 Å². The molecule has 1 fully saturated rings. The highest BCUT2D eigenvalue weighted by Gasteiger charge is 2.27. The Hall–Kier alpha value is -1.01. The predicted molar refractivity (Wildman–Crippen MR) is 106 cm³/mol. The molecular formula is C15H23F2IN4O2S. The lowest BCUT2D eigenvalue weighted by atomic mass is 9.85. The molecule has 1 aliphatic rings. The summed E-state index contributed by atoms with van der Waals surface area (Å²) in [5.41, 5.74) is 5.63. The third-order valence-electron chi connectivity index (χ3n) is 3.96. The lowest BCUT2D eigenvalue weighted by Crippen LogP contribution is -2.43. The minimum absolute atomic E-state index is 0. The molecule has 0 radical (unpaired) electrons. The predicted octanol–water partition coefficient (Wildman–Crippen LogP) is 2.42. The molecule has 2 atom stereocenters. The van der Waals surface area contributed by atoms with Gasteiger partial charge in [0.15, 0.2) is 5.96 Å². The summed E-state index contributed by atoms with van der Waals surface area (Å²) in [6.45, 7) is 0.308. The summed E-state index contributed by atoms with van der Waals surface area (Å²) in [5.74, 6) is -1.24. The Morgan fingerprint density at radius 2 is 2.00 bits per heavy atom. The number of nitrogens with one attached hydrogen (secondary N) is 2. The number of halogens is 3. The van der Waals surface area contributed by atoms with Crippen molar-refractivity contribution >= 4 is 45.6 Å².